The third-order valence-corrected chi connectivity index (χ3v) is 4.98. The number of nitrogens with zero attached hydrogens (tertiary/aromatic N) is 1. The van der Waals surface area contributed by atoms with Gasteiger partial charge in [-0.2, -0.15) is 0 Å². The first-order valence-corrected chi connectivity index (χ1v) is 9.49. The van der Waals surface area contributed by atoms with Crippen LogP contribution < -0.4 is 10.1 Å². The summed E-state index contributed by atoms with van der Waals surface area (Å²) < 4.78 is 5.53. The van der Waals surface area contributed by atoms with E-state index in [1.165, 1.54) is 0 Å². The fourth-order valence-corrected chi connectivity index (χ4v) is 3.21. The largest absolute Gasteiger partial charge is 0.484 e. The molecule has 6 heteroatoms. The smallest absolute Gasteiger partial charge is 0.260 e. The zero-order valence-corrected chi connectivity index (χ0v) is 15.8. The van der Waals surface area contributed by atoms with E-state index in [2.05, 4.69) is 5.32 Å². The van der Waals surface area contributed by atoms with Crippen LogP contribution in [0.5, 0.6) is 5.75 Å². The second-order valence-electron chi connectivity index (χ2n) is 6.64. The number of carbonyl (C=O) groups is 2. The lowest BCUT2D eigenvalue weighted by atomic mass is 9.96. The normalized spacial score (nSPS) is 14.6. The highest BCUT2D eigenvalue weighted by Gasteiger charge is 2.23. The molecule has 5 nitrogen and oxygen atoms in total. The molecule has 1 aliphatic heterocycles. The van der Waals surface area contributed by atoms with Gasteiger partial charge in [0, 0.05) is 30.2 Å². The zero-order valence-electron chi connectivity index (χ0n) is 15.1. The SMILES string of the molecule is O=C(NCC1CCN(C(=O)COc2ccccc2)CC1)c1ccc(Cl)cc1. The Labute approximate surface area is 164 Å². The zero-order chi connectivity index (χ0) is 19.1. The minimum Gasteiger partial charge on any atom is -0.484 e. The predicted molar refractivity (Wildman–Crippen MR) is 105 cm³/mol. The fraction of sp³-hybridized carbons (Fsp3) is 0.333. The van der Waals surface area contributed by atoms with E-state index in [1.807, 2.05) is 35.2 Å². The van der Waals surface area contributed by atoms with Crippen molar-refractivity contribution in [2.24, 2.45) is 5.92 Å². The lowest BCUT2D eigenvalue weighted by Crippen LogP contribution is -2.43. The maximum absolute atomic E-state index is 12.3. The highest BCUT2D eigenvalue weighted by atomic mass is 35.5. The number of hydrogen-bond donors (Lipinski definition) is 1. The van der Waals surface area contributed by atoms with Crippen LogP contribution in [0.3, 0.4) is 0 Å². The predicted octanol–water partition coefficient (Wildman–Crippen LogP) is 3.39. The number of para-hydroxylation sites is 1. The highest BCUT2D eigenvalue weighted by molar-refractivity contribution is 6.30. The molecule has 3 rings (SSSR count). The van der Waals surface area contributed by atoms with E-state index in [1.54, 1.807) is 24.3 Å². The Hall–Kier alpha value is -2.53. The molecule has 2 aromatic rings. The first-order valence-electron chi connectivity index (χ1n) is 9.11. The van der Waals surface area contributed by atoms with Gasteiger partial charge < -0.3 is 15.0 Å². The van der Waals surface area contributed by atoms with Crippen LogP contribution >= 0.6 is 11.6 Å². The van der Waals surface area contributed by atoms with E-state index in [4.69, 9.17) is 16.3 Å². The van der Waals surface area contributed by atoms with Crippen LogP contribution in [0.1, 0.15) is 23.2 Å². The Balaban J connectivity index is 1.37. The molecule has 1 aliphatic rings. The van der Waals surface area contributed by atoms with Gasteiger partial charge in [0.15, 0.2) is 6.61 Å². The summed E-state index contributed by atoms with van der Waals surface area (Å²) in [6, 6.07) is 16.2. The van der Waals surface area contributed by atoms with Gasteiger partial charge in [-0.05, 0) is 55.2 Å². The summed E-state index contributed by atoms with van der Waals surface area (Å²) in [5, 5.41) is 3.58. The van der Waals surface area contributed by atoms with Crippen molar-refractivity contribution < 1.29 is 14.3 Å². The molecule has 0 aromatic heterocycles. The van der Waals surface area contributed by atoms with E-state index >= 15 is 0 Å². The molecule has 0 atom stereocenters. The second kappa shape index (κ2) is 9.42. The number of hydrogen-bond acceptors (Lipinski definition) is 3. The van der Waals surface area contributed by atoms with Gasteiger partial charge >= 0.3 is 0 Å². The molecule has 1 saturated heterocycles. The minimum atomic E-state index is -0.0959. The standard InChI is InChI=1S/C21H23ClN2O3/c22-18-8-6-17(7-9-18)21(26)23-14-16-10-12-24(13-11-16)20(25)15-27-19-4-2-1-3-5-19/h1-9,16H,10-15H2,(H,23,26). The summed E-state index contributed by atoms with van der Waals surface area (Å²) in [6.07, 6.45) is 1.75. The van der Waals surface area contributed by atoms with Crippen molar-refractivity contribution in [3.63, 3.8) is 0 Å². The monoisotopic (exact) mass is 386 g/mol. The van der Waals surface area contributed by atoms with Crippen molar-refractivity contribution in [1.82, 2.24) is 10.2 Å². The van der Waals surface area contributed by atoms with Gasteiger partial charge in [-0.25, -0.2) is 0 Å². The molecule has 142 valence electrons. The Morgan fingerprint density at radius 1 is 1.04 bits per heavy atom. The van der Waals surface area contributed by atoms with Gasteiger partial charge in [-0.15, -0.1) is 0 Å². The van der Waals surface area contributed by atoms with E-state index in [0.29, 0.717) is 41.9 Å². The van der Waals surface area contributed by atoms with Crippen molar-refractivity contribution in [3.05, 3.63) is 65.2 Å². The first kappa shape index (κ1) is 19.2. The number of rotatable bonds is 6. The Kier molecular flexibility index (Phi) is 6.71. The maximum atomic E-state index is 12.3. The van der Waals surface area contributed by atoms with Crippen LogP contribution in [-0.4, -0.2) is 43.0 Å². The number of piperidine rings is 1. The number of amides is 2. The van der Waals surface area contributed by atoms with Crippen LogP contribution in [-0.2, 0) is 4.79 Å². The molecule has 1 N–H and O–H groups in total. The van der Waals surface area contributed by atoms with Crippen LogP contribution in [0.2, 0.25) is 5.02 Å². The van der Waals surface area contributed by atoms with Crippen LogP contribution in [0.15, 0.2) is 54.6 Å². The first-order chi connectivity index (χ1) is 13.1. The third kappa shape index (κ3) is 5.73. The Bertz CT molecular complexity index is 757. The molecule has 2 amide bonds. The van der Waals surface area contributed by atoms with Crippen molar-refractivity contribution in [2.75, 3.05) is 26.2 Å². The van der Waals surface area contributed by atoms with Crippen molar-refractivity contribution in [3.8, 4) is 5.75 Å². The molecule has 1 fully saturated rings. The molecule has 2 aromatic carbocycles. The van der Waals surface area contributed by atoms with E-state index in [0.717, 1.165) is 12.8 Å². The van der Waals surface area contributed by atoms with Gasteiger partial charge in [-0.1, -0.05) is 29.8 Å². The van der Waals surface area contributed by atoms with E-state index < -0.39 is 0 Å². The molecule has 0 unspecified atom stereocenters. The summed E-state index contributed by atoms with van der Waals surface area (Å²) >= 11 is 5.84. The van der Waals surface area contributed by atoms with Crippen LogP contribution in [0, 0.1) is 5.92 Å². The van der Waals surface area contributed by atoms with Crippen LogP contribution in [0.4, 0.5) is 0 Å². The topological polar surface area (TPSA) is 58.6 Å². The third-order valence-electron chi connectivity index (χ3n) is 4.73. The molecule has 0 radical (unpaired) electrons. The van der Waals surface area contributed by atoms with Gasteiger partial charge in [-0.3, -0.25) is 9.59 Å². The molecular formula is C21H23ClN2O3. The number of halogens is 1. The molecule has 1 heterocycles. The number of nitrogens with one attached hydrogen (secondary N) is 1. The summed E-state index contributed by atoms with van der Waals surface area (Å²) in [5.41, 5.74) is 0.602. The van der Waals surface area contributed by atoms with Gasteiger partial charge in [0.1, 0.15) is 5.75 Å². The maximum Gasteiger partial charge on any atom is 0.260 e. The minimum absolute atomic E-state index is 0.00232. The molecule has 0 spiro atoms. The summed E-state index contributed by atoms with van der Waals surface area (Å²) in [5.74, 6) is 0.981. The molecule has 0 bridgehead atoms. The summed E-state index contributed by atoms with van der Waals surface area (Å²) in [4.78, 5) is 26.3. The van der Waals surface area contributed by atoms with Gasteiger partial charge in [0.2, 0.25) is 0 Å². The van der Waals surface area contributed by atoms with E-state index in [9.17, 15) is 9.59 Å². The number of likely N-dealkylation sites (tertiary alicyclic amines) is 1. The molecular weight excluding hydrogens is 364 g/mol. The van der Waals surface area contributed by atoms with Gasteiger partial charge in [0.25, 0.3) is 11.8 Å². The Morgan fingerprint density at radius 3 is 2.37 bits per heavy atom. The quantitative estimate of drug-likeness (QED) is 0.827. The van der Waals surface area contributed by atoms with Crippen molar-refractivity contribution >= 4 is 23.4 Å². The van der Waals surface area contributed by atoms with Crippen LogP contribution in [0.25, 0.3) is 0 Å². The average molecular weight is 387 g/mol. The lowest BCUT2D eigenvalue weighted by molar-refractivity contribution is -0.134. The Morgan fingerprint density at radius 2 is 1.70 bits per heavy atom. The second-order valence-corrected chi connectivity index (χ2v) is 7.08. The molecule has 0 aliphatic carbocycles. The fourth-order valence-electron chi connectivity index (χ4n) is 3.08. The van der Waals surface area contributed by atoms with Gasteiger partial charge in [0.05, 0.1) is 0 Å². The number of benzene rings is 2. The average Bonchev–Trinajstić information content (AvgIpc) is 2.72. The summed E-state index contributed by atoms with van der Waals surface area (Å²) in [7, 11) is 0. The number of ether oxygens (including phenoxy) is 1. The van der Waals surface area contributed by atoms with Crippen molar-refractivity contribution in [1.29, 1.82) is 0 Å². The summed E-state index contributed by atoms with van der Waals surface area (Å²) in [6.45, 7) is 2.06. The van der Waals surface area contributed by atoms with Crippen molar-refractivity contribution in [2.45, 2.75) is 12.8 Å². The molecule has 27 heavy (non-hydrogen) atoms. The van der Waals surface area contributed by atoms with E-state index in [-0.39, 0.29) is 18.4 Å². The number of carbonyl (C=O) groups excluding carboxylic acids is 2. The lowest BCUT2D eigenvalue weighted by Gasteiger charge is -2.32. The molecule has 0 saturated carbocycles. The highest BCUT2D eigenvalue weighted by Crippen LogP contribution is 2.17.